The maximum absolute atomic E-state index is 2.55. The Bertz CT molecular complexity index is 3710. The van der Waals surface area contributed by atoms with E-state index in [4.69, 9.17) is 0 Å². The highest BCUT2D eigenvalue weighted by molar-refractivity contribution is 7.26. The lowest BCUT2D eigenvalue weighted by atomic mass is 9.64. The summed E-state index contributed by atoms with van der Waals surface area (Å²) in [5.41, 5.74) is 19.2. The van der Waals surface area contributed by atoms with Gasteiger partial charge in [-0.25, -0.2) is 0 Å². The number of hydrogen-bond acceptors (Lipinski definition) is 2. The van der Waals surface area contributed by atoms with Crippen LogP contribution < -0.4 is 25.6 Å². The van der Waals surface area contributed by atoms with Gasteiger partial charge in [-0.05, 0) is 124 Å². The topological polar surface area (TPSA) is 3.24 Å². The van der Waals surface area contributed by atoms with E-state index in [-0.39, 0.29) is 0 Å². The molecule has 0 bridgehead atoms. The average molecular weight is 844 g/mol. The first-order valence-corrected chi connectivity index (χ1v) is 25.2. The molecule has 3 heteroatoms. The minimum Gasteiger partial charge on any atom is -0.310 e. The molecule has 0 radical (unpaired) electrons. The Balaban J connectivity index is 0.935. The van der Waals surface area contributed by atoms with E-state index in [1.54, 1.807) is 0 Å². The number of nitrogens with zero attached hydrogens (tertiary/aromatic N) is 1. The molecule has 0 N–H and O–H groups in total. The van der Waals surface area contributed by atoms with Gasteiger partial charge in [-0.1, -0.05) is 188 Å². The minimum absolute atomic E-state index is 0.480. The molecule has 296 valence electrons. The highest BCUT2D eigenvalue weighted by Crippen LogP contribution is 2.64. The largest absolute Gasteiger partial charge is 0.310 e. The number of thiophene rings is 1. The lowest BCUT2D eigenvalue weighted by Crippen LogP contribution is -2.70. The van der Waals surface area contributed by atoms with Crippen molar-refractivity contribution in [3.63, 3.8) is 0 Å². The zero-order chi connectivity index (χ0) is 41.7. The van der Waals surface area contributed by atoms with Crippen LogP contribution in [0.15, 0.2) is 224 Å². The van der Waals surface area contributed by atoms with Crippen molar-refractivity contribution < 1.29 is 0 Å². The second-order valence-corrected chi connectivity index (χ2v) is 22.6. The van der Waals surface area contributed by atoms with E-state index in [2.05, 4.69) is 229 Å². The Kier molecular flexibility index (Phi) is 6.85. The van der Waals surface area contributed by atoms with Gasteiger partial charge >= 0.3 is 0 Å². The van der Waals surface area contributed by atoms with Crippen molar-refractivity contribution in [2.75, 3.05) is 4.90 Å². The standard InChI is InChI=1S/C61H37NSSi/c1-7-21-49-41(15-1)42-16-2-8-22-50(42)61(49)51-23-9-10-24-53(51)62(54-37-56-48(36-52(54)61)43-17-3-11-25-55(43)63-56)40-32-29-38(30-33-40)39-31-34-47-46-20-6-14-28-59(46)64(60(47)35-39)57-26-12-4-18-44(57)45-19-5-13-27-58(45)64/h1-37H. The van der Waals surface area contributed by atoms with E-state index in [0.717, 1.165) is 5.69 Å². The fourth-order valence-corrected chi connectivity index (χ4v) is 19.4. The molecule has 0 unspecified atom stereocenters. The zero-order valence-corrected chi connectivity index (χ0v) is 36.5. The molecule has 1 aliphatic carbocycles. The summed E-state index contributed by atoms with van der Waals surface area (Å²) in [6.45, 7) is 0. The SMILES string of the molecule is c1ccc2c(c1)-c1ccccc1C21c2ccccc2N(c2ccc(-c3ccc4c(c3)[Si]3(c5ccccc5-c5ccccc53)c3ccccc3-4)cc2)c2cc3sc4ccccc4c3cc21. The predicted octanol–water partition coefficient (Wildman–Crippen LogP) is 13.2. The molecule has 11 aromatic rings. The molecule has 1 nitrogen and oxygen atoms in total. The summed E-state index contributed by atoms with van der Waals surface area (Å²) in [6.07, 6.45) is 0. The third-order valence-corrected chi connectivity index (χ3v) is 21.2. The van der Waals surface area contributed by atoms with Crippen LogP contribution in [0.4, 0.5) is 17.1 Å². The summed E-state index contributed by atoms with van der Waals surface area (Å²) in [7, 11) is -2.54. The molecule has 0 fully saturated rings. The molecular weight excluding hydrogens is 807 g/mol. The molecule has 0 saturated heterocycles. The van der Waals surface area contributed by atoms with E-state index < -0.39 is 13.5 Å². The maximum Gasteiger partial charge on any atom is 0.182 e. The Labute approximate surface area is 376 Å². The van der Waals surface area contributed by atoms with Gasteiger partial charge in [0, 0.05) is 25.9 Å². The Morgan fingerprint density at radius 1 is 0.328 bits per heavy atom. The summed E-state index contributed by atoms with van der Waals surface area (Å²) in [4.78, 5) is 2.54. The Hall–Kier alpha value is -7.56. The van der Waals surface area contributed by atoms with Crippen molar-refractivity contribution in [3.05, 3.63) is 247 Å². The van der Waals surface area contributed by atoms with Crippen LogP contribution in [0.25, 0.3) is 64.7 Å². The van der Waals surface area contributed by atoms with Crippen LogP contribution in [0.5, 0.6) is 0 Å². The molecule has 4 heterocycles. The monoisotopic (exact) mass is 843 g/mol. The van der Waals surface area contributed by atoms with Crippen LogP contribution >= 0.6 is 11.3 Å². The van der Waals surface area contributed by atoms with Gasteiger partial charge in [0.15, 0.2) is 8.07 Å². The first kappa shape index (κ1) is 35.0. The highest BCUT2D eigenvalue weighted by atomic mass is 32.1. The molecule has 15 rings (SSSR count). The third-order valence-electron chi connectivity index (χ3n) is 15.1. The molecule has 4 aliphatic rings. The van der Waals surface area contributed by atoms with Crippen molar-refractivity contribution in [3.8, 4) is 44.5 Å². The quantitative estimate of drug-likeness (QED) is 0.157. The molecule has 0 atom stereocenters. The number of anilines is 3. The molecule has 10 aromatic carbocycles. The number of rotatable bonds is 2. The first-order valence-electron chi connectivity index (χ1n) is 22.3. The predicted molar refractivity (Wildman–Crippen MR) is 272 cm³/mol. The minimum atomic E-state index is -2.54. The molecule has 2 spiro atoms. The van der Waals surface area contributed by atoms with Crippen LogP contribution in [0.1, 0.15) is 22.3 Å². The van der Waals surface area contributed by atoms with E-state index in [1.807, 2.05) is 11.3 Å². The molecule has 64 heavy (non-hydrogen) atoms. The normalized spacial score (nSPS) is 14.8. The Morgan fingerprint density at radius 3 is 1.50 bits per heavy atom. The second-order valence-electron chi connectivity index (χ2n) is 17.9. The fourth-order valence-electron chi connectivity index (χ4n) is 12.7. The van der Waals surface area contributed by atoms with Gasteiger partial charge in [0.25, 0.3) is 0 Å². The van der Waals surface area contributed by atoms with Gasteiger partial charge in [-0.2, -0.15) is 0 Å². The van der Waals surface area contributed by atoms with Crippen LogP contribution in [0.3, 0.4) is 0 Å². The van der Waals surface area contributed by atoms with E-state index >= 15 is 0 Å². The van der Waals surface area contributed by atoms with Crippen LogP contribution in [0.2, 0.25) is 0 Å². The summed E-state index contributed by atoms with van der Waals surface area (Å²) in [5.74, 6) is 0. The van der Waals surface area contributed by atoms with Gasteiger partial charge in [0.05, 0.1) is 16.8 Å². The highest BCUT2D eigenvalue weighted by Gasteiger charge is 2.54. The van der Waals surface area contributed by atoms with Gasteiger partial charge in [-0.3, -0.25) is 0 Å². The smallest absolute Gasteiger partial charge is 0.182 e. The average Bonchev–Trinajstić information content (AvgIpc) is 4.06. The number of benzene rings is 10. The second kappa shape index (κ2) is 12.5. The molecule has 0 saturated carbocycles. The van der Waals surface area contributed by atoms with Crippen LogP contribution in [0, 0.1) is 0 Å². The summed E-state index contributed by atoms with van der Waals surface area (Å²) < 4.78 is 2.63. The van der Waals surface area contributed by atoms with E-state index in [0.29, 0.717) is 0 Å². The van der Waals surface area contributed by atoms with Crippen molar-refractivity contribution in [1.82, 2.24) is 0 Å². The van der Waals surface area contributed by atoms with Crippen LogP contribution in [-0.2, 0) is 5.41 Å². The fraction of sp³-hybridized carbons (Fsp3) is 0.0164. The van der Waals surface area contributed by atoms with Crippen molar-refractivity contribution >= 4 is 77.4 Å². The number of hydrogen-bond donors (Lipinski definition) is 0. The van der Waals surface area contributed by atoms with E-state index in [9.17, 15) is 0 Å². The molecular formula is C61H37NSSi. The van der Waals surface area contributed by atoms with Crippen LogP contribution in [-0.4, -0.2) is 8.07 Å². The lowest BCUT2D eigenvalue weighted by Gasteiger charge is -2.45. The summed E-state index contributed by atoms with van der Waals surface area (Å²) in [5, 5.41) is 8.67. The number of para-hydroxylation sites is 1. The summed E-state index contributed by atoms with van der Waals surface area (Å²) in [6, 6.07) is 85.8. The van der Waals surface area contributed by atoms with Crippen molar-refractivity contribution in [2.45, 2.75) is 5.41 Å². The summed E-state index contributed by atoms with van der Waals surface area (Å²) >= 11 is 1.90. The van der Waals surface area contributed by atoms with E-state index in [1.165, 1.54) is 119 Å². The van der Waals surface area contributed by atoms with Crippen molar-refractivity contribution in [1.29, 1.82) is 0 Å². The third kappa shape index (κ3) is 4.20. The van der Waals surface area contributed by atoms with Gasteiger partial charge in [0.2, 0.25) is 0 Å². The Morgan fingerprint density at radius 2 is 0.844 bits per heavy atom. The lowest BCUT2D eigenvalue weighted by molar-refractivity contribution is 0.754. The van der Waals surface area contributed by atoms with Gasteiger partial charge in [-0.15, -0.1) is 11.3 Å². The molecule has 1 aromatic heterocycles. The van der Waals surface area contributed by atoms with Crippen molar-refractivity contribution in [2.24, 2.45) is 0 Å². The number of fused-ring (bicyclic) bond motifs is 22. The van der Waals surface area contributed by atoms with Gasteiger partial charge in [0.1, 0.15) is 0 Å². The van der Waals surface area contributed by atoms with Gasteiger partial charge < -0.3 is 4.90 Å². The first-order chi connectivity index (χ1) is 31.7. The molecule has 0 amide bonds. The maximum atomic E-state index is 2.55. The zero-order valence-electron chi connectivity index (χ0n) is 34.7. The molecule has 3 aliphatic heterocycles.